The van der Waals surface area contributed by atoms with Crippen LogP contribution in [0.5, 0.6) is 0 Å². The topological polar surface area (TPSA) is 53.5 Å². The highest BCUT2D eigenvalue weighted by molar-refractivity contribution is 6.42. The van der Waals surface area contributed by atoms with E-state index in [1.54, 1.807) is 7.11 Å². The van der Waals surface area contributed by atoms with Gasteiger partial charge in [-0.05, 0) is 59.4 Å². The standard InChI is InChI=1S/C33H35Cl2N5O/c1-41-19-18-40-16-14-39(15-17-40)13-12-23-6-9-26(10-7-23)37-33-36-22-25-20-29(24-8-11-30(34)31(35)21-24)27-4-2-3-5-28(27)32(25)38-33/h2-11,21-22,29H,12-20H2,1H3,(H,36,37,38). The molecule has 1 aliphatic carbocycles. The lowest BCUT2D eigenvalue weighted by molar-refractivity contribution is 0.0976. The molecule has 212 valence electrons. The number of piperazine rings is 1. The molecule has 1 aliphatic heterocycles. The lowest BCUT2D eigenvalue weighted by Gasteiger charge is -2.34. The number of fused-ring (bicyclic) bond motifs is 3. The summed E-state index contributed by atoms with van der Waals surface area (Å²) in [6.07, 6.45) is 3.81. The maximum absolute atomic E-state index is 6.37. The van der Waals surface area contributed by atoms with Crippen LogP contribution in [0.3, 0.4) is 0 Å². The van der Waals surface area contributed by atoms with Gasteiger partial charge in [-0.25, -0.2) is 9.97 Å². The molecular weight excluding hydrogens is 553 g/mol. The number of benzene rings is 3. The van der Waals surface area contributed by atoms with Gasteiger partial charge in [0.25, 0.3) is 0 Å². The van der Waals surface area contributed by atoms with E-state index in [1.807, 2.05) is 18.3 Å². The third kappa shape index (κ3) is 6.58. The van der Waals surface area contributed by atoms with Crippen LogP contribution in [-0.2, 0) is 17.6 Å². The van der Waals surface area contributed by atoms with Crippen molar-refractivity contribution < 1.29 is 4.74 Å². The Kier molecular flexibility index (Phi) is 8.84. The fraction of sp³-hybridized carbons (Fsp3) is 0.333. The molecule has 6 nitrogen and oxygen atoms in total. The lowest BCUT2D eigenvalue weighted by Crippen LogP contribution is -2.47. The molecule has 1 atom stereocenters. The molecule has 0 bridgehead atoms. The van der Waals surface area contributed by atoms with Crippen molar-refractivity contribution in [1.82, 2.24) is 19.8 Å². The Morgan fingerprint density at radius 3 is 2.41 bits per heavy atom. The van der Waals surface area contributed by atoms with Gasteiger partial charge in [0.15, 0.2) is 0 Å². The molecule has 0 radical (unpaired) electrons. The molecule has 3 aromatic carbocycles. The first-order valence-electron chi connectivity index (χ1n) is 14.3. The van der Waals surface area contributed by atoms with Crippen LogP contribution in [0.25, 0.3) is 11.3 Å². The predicted octanol–water partition coefficient (Wildman–Crippen LogP) is 6.69. The van der Waals surface area contributed by atoms with Gasteiger partial charge in [0.1, 0.15) is 0 Å². The number of aromatic nitrogens is 2. The van der Waals surface area contributed by atoms with Crippen LogP contribution in [0.15, 0.2) is 72.9 Å². The van der Waals surface area contributed by atoms with E-state index in [-0.39, 0.29) is 5.92 Å². The minimum atomic E-state index is 0.169. The van der Waals surface area contributed by atoms with E-state index in [0.29, 0.717) is 16.0 Å². The summed E-state index contributed by atoms with van der Waals surface area (Å²) in [6, 6.07) is 23.0. The average molecular weight is 589 g/mol. The average Bonchev–Trinajstić information content (AvgIpc) is 3.01. The van der Waals surface area contributed by atoms with Crippen molar-refractivity contribution in [2.45, 2.75) is 18.8 Å². The Balaban J connectivity index is 1.10. The van der Waals surface area contributed by atoms with Gasteiger partial charge in [0, 0.05) is 69.7 Å². The molecule has 1 aromatic heterocycles. The van der Waals surface area contributed by atoms with Crippen LogP contribution in [0.4, 0.5) is 11.6 Å². The van der Waals surface area contributed by atoms with Crippen LogP contribution in [0.2, 0.25) is 10.0 Å². The third-order valence-electron chi connectivity index (χ3n) is 8.23. The van der Waals surface area contributed by atoms with Gasteiger partial charge < -0.3 is 15.0 Å². The summed E-state index contributed by atoms with van der Waals surface area (Å²) in [7, 11) is 1.77. The summed E-state index contributed by atoms with van der Waals surface area (Å²) < 4.78 is 5.21. The normalized spacial score (nSPS) is 17.2. The van der Waals surface area contributed by atoms with Crippen molar-refractivity contribution in [1.29, 1.82) is 0 Å². The molecule has 0 amide bonds. The second-order valence-corrected chi connectivity index (χ2v) is 11.6. The summed E-state index contributed by atoms with van der Waals surface area (Å²) in [4.78, 5) is 14.7. The molecule has 6 rings (SSSR count). The largest absolute Gasteiger partial charge is 0.383 e. The van der Waals surface area contributed by atoms with Gasteiger partial charge >= 0.3 is 0 Å². The number of nitrogens with one attached hydrogen (secondary N) is 1. The number of anilines is 2. The minimum Gasteiger partial charge on any atom is -0.383 e. The fourth-order valence-corrected chi connectivity index (χ4v) is 6.16. The maximum Gasteiger partial charge on any atom is 0.227 e. The van der Waals surface area contributed by atoms with E-state index in [4.69, 9.17) is 32.9 Å². The maximum atomic E-state index is 6.37. The SMILES string of the molecule is COCCN1CCN(CCc2ccc(Nc3ncc4c(n3)-c3ccccc3C(c3ccc(Cl)c(Cl)c3)C4)cc2)CC1. The highest BCUT2D eigenvalue weighted by atomic mass is 35.5. The first-order valence-corrected chi connectivity index (χ1v) is 15.0. The molecule has 8 heteroatoms. The van der Waals surface area contributed by atoms with Crippen molar-refractivity contribution in [3.63, 3.8) is 0 Å². The molecule has 1 N–H and O–H groups in total. The number of methoxy groups -OCH3 is 1. The van der Waals surface area contributed by atoms with E-state index >= 15 is 0 Å². The summed E-state index contributed by atoms with van der Waals surface area (Å²) in [5.41, 5.74) is 7.94. The summed E-state index contributed by atoms with van der Waals surface area (Å²) >= 11 is 12.6. The van der Waals surface area contributed by atoms with Gasteiger partial charge in [-0.15, -0.1) is 0 Å². The Morgan fingerprint density at radius 1 is 0.902 bits per heavy atom. The van der Waals surface area contributed by atoms with Crippen LogP contribution < -0.4 is 5.32 Å². The number of rotatable bonds is 9. The zero-order valence-corrected chi connectivity index (χ0v) is 24.8. The summed E-state index contributed by atoms with van der Waals surface area (Å²) in [5.74, 6) is 0.772. The van der Waals surface area contributed by atoms with Gasteiger partial charge in [-0.3, -0.25) is 4.90 Å². The molecule has 0 saturated carbocycles. The Morgan fingerprint density at radius 2 is 1.66 bits per heavy atom. The van der Waals surface area contributed by atoms with Crippen molar-refractivity contribution in [2.24, 2.45) is 0 Å². The van der Waals surface area contributed by atoms with Crippen LogP contribution in [0.1, 0.15) is 28.2 Å². The number of hydrogen-bond acceptors (Lipinski definition) is 6. The van der Waals surface area contributed by atoms with Gasteiger partial charge in [0.2, 0.25) is 5.95 Å². The van der Waals surface area contributed by atoms with E-state index in [2.05, 4.69) is 74.7 Å². The van der Waals surface area contributed by atoms with E-state index in [9.17, 15) is 0 Å². The van der Waals surface area contributed by atoms with Crippen LogP contribution in [0, 0.1) is 0 Å². The highest BCUT2D eigenvalue weighted by Gasteiger charge is 2.28. The van der Waals surface area contributed by atoms with E-state index in [0.717, 1.165) is 86.8 Å². The molecule has 1 saturated heterocycles. The fourth-order valence-electron chi connectivity index (χ4n) is 5.85. The number of nitrogens with zero attached hydrogens (tertiary/aromatic N) is 4. The predicted molar refractivity (Wildman–Crippen MR) is 168 cm³/mol. The second kappa shape index (κ2) is 12.9. The van der Waals surface area contributed by atoms with Gasteiger partial charge in [-0.1, -0.05) is 65.7 Å². The van der Waals surface area contributed by atoms with Gasteiger partial charge in [0.05, 0.1) is 22.3 Å². The molecule has 41 heavy (non-hydrogen) atoms. The quantitative estimate of drug-likeness (QED) is 0.235. The Labute approximate surface area is 252 Å². The zero-order chi connectivity index (χ0) is 28.2. The number of hydrogen-bond donors (Lipinski definition) is 1. The summed E-state index contributed by atoms with van der Waals surface area (Å²) in [6.45, 7) is 7.40. The monoisotopic (exact) mass is 587 g/mol. The molecule has 2 aliphatic rings. The van der Waals surface area contributed by atoms with E-state index < -0.39 is 0 Å². The molecule has 4 aromatic rings. The smallest absolute Gasteiger partial charge is 0.227 e. The van der Waals surface area contributed by atoms with Crippen molar-refractivity contribution in [3.05, 3.63) is 105 Å². The highest BCUT2D eigenvalue weighted by Crippen LogP contribution is 2.43. The first kappa shape index (κ1) is 28.1. The number of halogens is 2. The molecule has 1 fully saturated rings. The van der Waals surface area contributed by atoms with Crippen molar-refractivity contribution in [3.8, 4) is 11.3 Å². The van der Waals surface area contributed by atoms with E-state index in [1.165, 1.54) is 11.1 Å². The first-order chi connectivity index (χ1) is 20.1. The molecule has 1 unspecified atom stereocenters. The number of ether oxygens (including phenoxy) is 1. The van der Waals surface area contributed by atoms with Crippen molar-refractivity contribution >= 4 is 34.8 Å². The van der Waals surface area contributed by atoms with Crippen LogP contribution in [-0.4, -0.2) is 72.8 Å². The summed E-state index contributed by atoms with van der Waals surface area (Å²) in [5, 5.41) is 4.56. The second-order valence-electron chi connectivity index (χ2n) is 10.8. The molecule has 2 heterocycles. The molecular formula is C33H35Cl2N5O. The lowest BCUT2D eigenvalue weighted by atomic mass is 9.78. The minimum absolute atomic E-state index is 0.169. The Bertz CT molecular complexity index is 1490. The van der Waals surface area contributed by atoms with Crippen molar-refractivity contribution in [2.75, 3.05) is 58.3 Å². The molecule has 0 spiro atoms. The Hall–Kier alpha value is -3.00. The van der Waals surface area contributed by atoms with Gasteiger partial charge in [-0.2, -0.15) is 0 Å². The zero-order valence-electron chi connectivity index (χ0n) is 23.3. The third-order valence-corrected chi connectivity index (χ3v) is 8.97. The van der Waals surface area contributed by atoms with Crippen LogP contribution >= 0.6 is 23.2 Å².